The van der Waals surface area contributed by atoms with Gasteiger partial charge in [-0.1, -0.05) is 30.9 Å². The Labute approximate surface area is 165 Å². The maximum atomic E-state index is 12.4. The number of carbonyl (C=O) groups excluding carboxylic acids is 2. The Hall–Kier alpha value is -3.28. The van der Waals surface area contributed by atoms with Crippen molar-refractivity contribution in [1.82, 2.24) is 0 Å². The first-order chi connectivity index (χ1) is 13.6. The molecular weight excluding hydrogens is 354 g/mol. The third-order valence-corrected chi connectivity index (χ3v) is 4.50. The van der Waals surface area contributed by atoms with Gasteiger partial charge in [0.25, 0.3) is 0 Å². The minimum Gasteiger partial charge on any atom is -0.487 e. The van der Waals surface area contributed by atoms with Gasteiger partial charge in [-0.15, -0.1) is 0 Å². The van der Waals surface area contributed by atoms with Gasteiger partial charge in [0.15, 0.2) is 0 Å². The maximum absolute atomic E-state index is 12.4. The van der Waals surface area contributed by atoms with Crippen LogP contribution in [0, 0.1) is 12.8 Å². The third kappa shape index (κ3) is 5.13. The Morgan fingerprint density at radius 1 is 1.07 bits per heavy atom. The molecule has 1 aliphatic carbocycles. The second-order valence-corrected chi connectivity index (χ2v) is 6.74. The van der Waals surface area contributed by atoms with E-state index in [-0.39, 0.29) is 24.3 Å². The van der Waals surface area contributed by atoms with Gasteiger partial charge in [0, 0.05) is 17.3 Å². The molecule has 0 bridgehead atoms. The normalized spacial score (nSPS) is 12.8. The van der Waals surface area contributed by atoms with Crippen molar-refractivity contribution in [2.24, 2.45) is 5.92 Å². The van der Waals surface area contributed by atoms with E-state index in [1.165, 1.54) is 0 Å². The van der Waals surface area contributed by atoms with Crippen molar-refractivity contribution in [3.05, 3.63) is 60.7 Å². The number of hydrogen-bond acceptors (Lipinski definition) is 4. The largest absolute Gasteiger partial charge is 0.487 e. The number of hydrogen-bond donors (Lipinski definition) is 3. The van der Waals surface area contributed by atoms with E-state index in [1.807, 2.05) is 49.4 Å². The molecule has 3 rings (SSSR count). The summed E-state index contributed by atoms with van der Waals surface area (Å²) in [5, 5.41) is 8.92. The summed E-state index contributed by atoms with van der Waals surface area (Å²) in [4.78, 5) is 24.4. The van der Waals surface area contributed by atoms with Crippen molar-refractivity contribution < 1.29 is 14.3 Å². The van der Waals surface area contributed by atoms with Gasteiger partial charge in [0.05, 0.1) is 12.2 Å². The molecule has 6 nitrogen and oxygen atoms in total. The minimum atomic E-state index is -0.188. The number of anilines is 3. The molecule has 1 fully saturated rings. The Kier molecular flexibility index (Phi) is 6.32. The zero-order chi connectivity index (χ0) is 19.9. The second kappa shape index (κ2) is 9.08. The number of amides is 2. The lowest BCUT2D eigenvalue weighted by Crippen LogP contribution is -2.23. The fraction of sp³-hybridized carbons (Fsp3) is 0.273. The fourth-order valence-corrected chi connectivity index (χ4v) is 2.74. The summed E-state index contributed by atoms with van der Waals surface area (Å²) in [6.45, 7) is 6.00. The first-order valence-electron chi connectivity index (χ1n) is 9.35. The van der Waals surface area contributed by atoms with Gasteiger partial charge < -0.3 is 20.7 Å². The van der Waals surface area contributed by atoms with E-state index in [2.05, 4.69) is 22.5 Å². The highest BCUT2D eigenvalue weighted by atomic mass is 16.5. The zero-order valence-electron chi connectivity index (χ0n) is 16.0. The lowest BCUT2D eigenvalue weighted by atomic mass is 10.1. The number of benzene rings is 2. The molecule has 28 heavy (non-hydrogen) atoms. The smallest absolute Gasteiger partial charge is 0.243 e. The van der Waals surface area contributed by atoms with Crippen LogP contribution < -0.4 is 20.7 Å². The van der Waals surface area contributed by atoms with Crippen molar-refractivity contribution in [3.63, 3.8) is 0 Å². The van der Waals surface area contributed by atoms with Crippen LogP contribution in [0.4, 0.5) is 17.1 Å². The van der Waals surface area contributed by atoms with E-state index in [1.54, 1.807) is 6.08 Å². The van der Waals surface area contributed by atoms with Gasteiger partial charge in [-0.3, -0.25) is 9.59 Å². The molecule has 2 amide bonds. The van der Waals surface area contributed by atoms with Crippen LogP contribution in [-0.2, 0) is 9.59 Å². The average molecular weight is 379 g/mol. The molecule has 0 unspecified atom stereocenters. The van der Waals surface area contributed by atoms with E-state index >= 15 is 0 Å². The number of para-hydroxylation sites is 2. The minimum absolute atomic E-state index is 0.0457. The van der Waals surface area contributed by atoms with Gasteiger partial charge >= 0.3 is 0 Å². The number of nitrogens with one attached hydrogen (secondary N) is 3. The molecule has 2 aromatic carbocycles. The molecule has 2 aromatic rings. The van der Waals surface area contributed by atoms with Crippen LogP contribution in [0.15, 0.2) is 55.1 Å². The van der Waals surface area contributed by atoms with Crippen LogP contribution in [-0.4, -0.2) is 25.0 Å². The molecule has 3 N–H and O–H groups in total. The van der Waals surface area contributed by atoms with Crippen LogP contribution in [0.5, 0.6) is 5.75 Å². The van der Waals surface area contributed by atoms with E-state index in [0.29, 0.717) is 18.0 Å². The number of carbonyl (C=O) groups is 2. The van der Waals surface area contributed by atoms with Crippen molar-refractivity contribution in [3.8, 4) is 5.75 Å². The summed E-state index contributed by atoms with van der Waals surface area (Å²) < 4.78 is 5.58. The SMILES string of the molecule is C=CCOc1ccccc1NCC(=O)Nc1cccc(NC(=O)C2CC2)c1C. The van der Waals surface area contributed by atoms with E-state index in [4.69, 9.17) is 4.74 Å². The van der Waals surface area contributed by atoms with Gasteiger partial charge in [0.2, 0.25) is 11.8 Å². The monoisotopic (exact) mass is 379 g/mol. The second-order valence-electron chi connectivity index (χ2n) is 6.74. The van der Waals surface area contributed by atoms with Gasteiger partial charge in [-0.05, 0) is 49.6 Å². The number of rotatable bonds is 9. The summed E-state index contributed by atoms with van der Waals surface area (Å²) >= 11 is 0. The Morgan fingerprint density at radius 3 is 2.46 bits per heavy atom. The highest BCUT2D eigenvalue weighted by Gasteiger charge is 2.29. The van der Waals surface area contributed by atoms with Gasteiger partial charge in [0.1, 0.15) is 12.4 Å². The summed E-state index contributed by atoms with van der Waals surface area (Å²) in [7, 11) is 0. The lowest BCUT2D eigenvalue weighted by Gasteiger charge is -2.15. The Morgan fingerprint density at radius 2 is 1.75 bits per heavy atom. The molecule has 0 heterocycles. The fourth-order valence-electron chi connectivity index (χ4n) is 2.74. The molecule has 0 saturated heterocycles. The van der Waals surface area contributed by atoms with Gasteiger partial charge in [-0.2, -0.15) is 0 Å². The summed E-state index contributed by atoms with van der Waals surface area (Å²) in [6, 6.07) is 12.9. The van der Waals surface area contributed by atoms with Crippen LogP contribution >= 0.6 is 0 Å². The van der Waals surface area contributed by atoms with Crippen LogP contribution in [0.2, 0.25) is 0 Å². The average Bonchev–Trinajstić information content (AvgIpc) is 3.54. The van der Waals surface area contributed by atoms with E-state index in [0.717, 1.165) is 29.8 Å². The third-order valence-electron chi connectivity index (χ3n) is 4.50. The molecule has 146 valence electrons. The predicted octanol–water partition coefficient (Wildman–Crippen LogP) is 3.96. The first-order valence-corrected chi connectivity index (χ1v) is 9.35. The molecule has 0 aromatic heterocycles. The summed E-state index contributed by atoms with van der Waals surface area (Å²) in [5.74, 6) is 0.651. The molecule has 0 aliphatic heterocycles. The molecule has 1 aliphatic rings. The van der Waals surface area contributed by atoms with Crippen molar-refractivity contribution in [2.45, 2.75) is 19.8 Å². The topological polar surface area (TPSA) is 79.5 Å². The Balaban J connectivity index is 1.59. The molecule has 1 saturated carbocycles. The first kappa shape index (κ1) is 19.5. The molecular formula is C22H25N3O3. The maximum Gasteiger partial charge on any atom is 0.243 e. The lowest BCUT2D eigenvalue weighted by molar-refractivity contribution is -0.117. The highest BCUT2D eigenvalue weighted by Crippen LogP contribution is 2.31. The van der Waals surface area contributed by atoms with Gasteiger partial charge in [-0.25, -0.2) is 0 Å². The number of ether oxygens (including phenoxy) is 1. The van der Waals surface area contributed by atoms with Crippen molar-refractivity contribution in [1.29, 1.82) is 0 Å². The Bertz CT molecular complexity index is 875. The summed E-state index contributed by atoms with van der Waals surface area (Å²) in [5.41, 5.74) is 2.98. The van der Waals surface area contributed by atoms with Crippen LogP contribution in [0.25, 0.3) is 0 Å². The van der Waals surface area contributed by atoms with Crippen molar-refractivity contribution in [2.75, 3.05) is 29.1 Å². The van der Waals surface area contributed by atoms with Crippen LogP contribution in [0.1, 0.15) is 18.4 Å². The molecule has 0 radical (unpaired) electrons. The zero-order valence-corrected chi connectivity index (χ0v) is 16.0. The molecule has 6 heteroatoms. The molecule has 0 atom stereocenters. The predicted molar refractivity (Wildman–Crippen MR) is 112 cm³/mol. The van der Waals surface area contributed by atoms with Crippen molar-refractivity contribution >= 4 is 28.9 Å². The summed E-state index contributed by atoms with van der Waals surface area (Å²) in [6.07, 6.45) is 3.57. The quantitative estimate of drug-likeness (QED) is 0.576. The highest BCUT2D eigenvalue weighted by molar-refractivity contribution is 5.98. The van der Waals surface area contributed by atoms with E-state index in [9.17, 15) is 9.59 Å². The van der Waals surface area contributed by atoms with Crippen LogP contribution in [0.3, 0.4) is 0 Å². The molecule has 0 spiro atoms. The standard InChI is InChI=1S/C22H25N3O3/c1-3-13-28-20-10-5-4-7-19(20)23-14-21(26)24-17-8-6-9-18(15(17)2)25-22(27)16-11-12-16/h3-10,16,23H,1,11-14H2,2H3,(H,24,26)(H,25,27). The van der Waals surface area contributed by atoms with E-state index < -0.39 is 0 Å².